The van der Waals surface area contributed by atoms with E-state index in [0.29, 0.717) is 6.54 Å². The predicted molar refractivity (Wildman–Crippen MR) is 60.1 cm³/mol. The quantitative estimate of drug-likeness (QED) is 0.777. The first kappa shape index (κ1) is 9.72. The van der Waals surface area contributed by atoms with Crippen LogP contribution in [0.25, 0.3) is 0 Å². The predicted octanol–water partition coefficient (Wildman–Crippen LogP) is 3.05. The summed E-state index contributed by atoms with van der Waals surface area (Å²) in [6.45, 7) is 3.00. The average Bonchev–Trinajstić information content (AvgIpc) is 2.15. The largest absolute Gasteiger partial charge is 0.326 e. The molecule has 1 heteroatoms. The average molecular weight is 189 g/mol. The van der Waals surface area contributed by atoms with E-state index in [1.54, 1.807) is 0 Å². The van der Waals surface area contributed by atoms with Crippen molar-refractivity contribution in [2.75, 3.05) is 0 Å². The molecule has 1 aromatic rings. The summed E-state index contributed by atoms with van der Waals surface area (Å²) in [7, 11) is 0. The van der Waals surface area contributed by atoms with E-state index in [-0.39, 0.29) is 0 Å². The number of nitrogens with two attached hydrogens (primary N) is 1. The number of benzene rings is 1. The van der Waals surface area contributed by atoms with Crippen molar-refractivity contribution in [1.82, 2.24) is 0 Å². The molecule has 0 aromatic heterocycles. The van der Waals surface area contributed by atoms with Crippen LogP contribution in [0.15, 0.2) is 24.3 Å². The van der Waals surface area contributed by atoms with Crippen molar-refractivity contribution in [3.63, 3.8) is 0 Å². The third-order valence-electron chi connectivity index (χ3n) is 3.60. The van der Waals surface area contributed by atoms with Gasteiger partial charge in [0.05, 0.1) is 0 Å². The molecule has 2 rings (SSSR count). The van der Waals surface area contributed by atoms with Gasteiger partial charge >= 0.3 is 0 Å². The van der Waals surface area contributed by atoms with Gasteiger partial charge in [-0.15, -0.1) is 0 Å². The van der Waals surface area contributed by atoms with Crippen LogP contribution in [0.4, 0.5) is 0 Å². The Hall–Kier alpha value is -0.820. The minimum Gasteiger partial charge on any atom is -0.326 e. The van der Waals surface area contributed by atoms with Crippen LogP contribution in [0.3, 0.4) is 0 Å². The third kappa shape index (κ3) is 1.83. The van der Waals surface area contributed by atoms with Crippen molar-refractivity contribution in [1.29, 1.82) is 0 Å². The summed E-state index contributed by atoms with van der Waals surface area (Å²) in [5.41, 5.74) is 8.28. The number of hydrogen-bond acceptors (Lipinski definition) is 1. The van der Waals surface area contributed by atoms with Crippen molar-refractivity contribution >= 4 is 0 Å². The van der Waals surface area contributed by atoms with Crippen LogP contribution in [0, 0.1) is 5.92 Å². The van der Waals surface area contributed by atoms with Crippen molar-refractivity contribution in [2.45, 2.75) is 38.6 Å². The molecule has 1 nitrogen and oxygen atoms in total. The molecule has 76 valence electrons. The Morgan fingerprint density at radius 1 is 1.29 bits per heavy atom. The van der Waals surface area contributed by atoms with E-state index in [0.717, 1.165) is 11.8 Å². The van der Waals surface area contributed by atoms with E-state index in [2.05, 4.69) is 31.2 Å². The first-order valence-electron chi connectivity index (χ1n) is 5.60. The van der Waals surface area contributed by atoms with Gasteiger partial charge in [-0.05, 0) is 35.8 Å². The second-order valence-electron chi connectivity index (χ2n) is 4.43. The smallest absolute Gasteiger partial charge is 0.0178 e. The molecule has 0 aliphatic heterocycles. The lowest BCUT2D eigenvalue weighted by Crippen LogP contribution is -2.18. The van der Waals surface area contributed by atoms with E-state index < -0.39 is 0 Å². The first-order valence-corrected chi connectivity index (χ1v) is 5.60. The summed E-state index contributed by atoms with van der Waals surface area (Å²) in [4.78, 5) is 0. The Labute approximate surface area is 86.3 Å². The summed E-state index contributed by atoms with van der Waals surface area (Å²) < 4.78 is 0. The van der Waals surface area contributed by atoms with E-state index in [9.17, 15) is 0 Å². The van der Waals surface area contributed by atoms with Gasteiger partial charge in [-0.2, -0.15) is 0 Å². The monoisotopic (exact) mass is 189 g/mol. The molecular weight excluding hydrogens is 170 g/mol. The van der Waals surface area contributed by atoms with Crippen molar-refractivity contribution in [3.8, 4) is 0 Å². The normalized spacial score (nSPS) is 19.0. The Kier molecular flexibility index (Phi) is 2.87. The molecule has 0 amide bonds. The second kappa shape index (κ2) is 4.14. The number of hydrogen-bond donors (Lipinski definition) is 1. The molecule has 1 atom stereocenters. The summed E-state index contributed by atoms with van der Waals surface area (Å²) in [5.74, 6) is 1.66. The summed E-state index contributed by atoms with van der Waals surface area (Å²) in [6.07, 6.45) is 4.26. The van der Waals surface area contributed by atoms with Gasteiger partial charge in [-0.3, -0.25) is 0 Å². The zero-order valence-electron chi connectivity index (χ0n) is 8.87. The molecule has 1 unspecified atom stereocenters. The molecule has 0 spiro atoms. The fourth-order valence-corrected chi connectivity index (χ4v) is 2.17. The Morgan fingerprint density at radius 2 is 1.93 bits per heavy atom. The van der Waals surface area contributed by atoms with Gasteiger partial charge in [0, 0.05) is 6.54 Å². The van der Waals surface area contributed by atoms with Crippen molar-refractivity contribution in [2.24, 2.45) is 11.7 Å². The third-order valence-corrected chi connectivity index (χ3v) is 3.60. The maximum Gasteiger partial charge on any atom is 0.0178 e. The van der Waals surface area contributed by atoms with Gasteiger partial charge in [0.25, 0.3) is 0 Å². The van der Waals surface area contributed by atoms with Crippen LogP contribution in [0.1, 0.15) is 43.2 Å². The van der Waals surface area contributed by atoms with Crippen LogP contribution in [-0.2, 0) is 6.54 Å². The SMILES string of the molecule is CC(c1ccc(CN)cc1)C1CCC1. The molecule has 0 radical (unpaired) electrons. The van der Waals surface area contributed by atoms with E-state index in [4.69, 9.17) is 5.73 Å². The molecule has 1 saturated carbocycles. The maximum atomic E-state index is 5.57. The Balaban J connectivity index is 2.07. The van der Waals surface area contributed by atoms with Gasteiger partial charge in [0.1, 0.15) is 0 Å². The Morgan fingerprint density at radius 3 is 2.36 bits per heavy atom. The van der Waals surface area contributed by atoms with Crippen molar-refractivity contribution in [3.05, 3.63) is 35.4 Å². The highest BCUT2D eigenvalue weighted by Gasteiger charge is 2.24. The Bertz CT molecular complexity index is 285. The van der Waals surface area contributed by atoms with Crippen LogP contribution >= 0.6 is 0 Å². The minimum absolute atomic E-state index is 0.651. The minimum atomic E-state index is 0.651. The molecule has 2 N–H and O–H groups in total. The lowest BCUT2D eigenvalue weighted by atomic mass is 9.74. The van der Waals surface area contributed by atoms with Crippen LogP contribution in [0.2, 0.25) is 0 Å². The number of rotatable bonds is 3. The lowest BCUT2D eigenvalue weighted by molar-refractivity contribution is 0.272. The zero-order chi connectivity index (χ0) is 9.97. The first-order chi connectivity index (χ1) is 6.81. The second-order valence-corrected chi connectivity index (χ2v) is 4.43. The summed E-state index contributed by atoms with van der Waals surface area (Å²) in [5, 5.41) is 0. The molecule has 1 aliphatic carbocycles. The van der Waals surface area contributed by atoms with E-state index in [1.807, 2.05) is 0 Å². The van der Waals surface area contributed by atoms with Crippen LogP contribution in [-0.4, -0.2) is 0 Å². The molecular formula is C13H19N. The molecule has 0 heterocycles. The van der Waals surface area contributed by atoms with Gasteiger partial charge < -0.3 is 5.73 Å². The summed E-state index contributed by atoms with van der Waals surface area (Å²) >= 11 is 0. The van der Waals surface area contributed by atoms with Crippen LogP contribution in [0.5, 0.6) is 0 Å². The van der Waals surface area contributed by atoms with Gasteiger partial charge in [-0.25, -0.2) is 0 Å². The lowest BCUT2D eigenvalue weighted by Gasteiger charge is -2.31. The topological polar surface area (TPSA) is 26.0 Å². The van der Waals surface area contributed by atoms with Gasteiger partial charge in [0.2, 0.25) is 0 Å². The van der Waals surface area contributed by atoms with Crippen LogP contribution < -0.4 is 5.73 Å². The maximum absolute atomic E-state index is 5.57. The highest BCUT2D eigenvalue weighted by atomic mass is 14.5. The molecule has 0 bridgehead atoms. The van der Waals surface area contributed by atoms with Gasteiger partial charge in [0.15, 0.2) is 0 Å². The van der Waals surface area contributed by atoms with E-state index >= 15 is 0 Å². The fourth-order valence-electron chi connectivity index (χ4n) is 2.17. The molecule has 1 aromatic carbocycles. The molecule has 1 fully saturated rings. The van der Waals surface area contributed by atoms with Crippen molar-refractivity contribution < 1.29 is 0 Å². The van der Waals surface area contributed by atoms with E-state index in [1.165, 1.54) is 30.4 Å². The zero-order valence-corrected chi connectivity index (χ0v) is 8.87. The fraction of sp³-hybridized carbons (Fsp3) is 0.538. The highest BCUT2D eigenvalue weighted by molar-refractivity contribution is 5.25. The molecule has 1 aliphatic rings. The summed E-state index contributed by atoms with van der Waals surface area (Å²) in [6, 6.07) is 8.80. The highest BCUT2D eigenvalue weighted by Crippen LogP contribution is 2.38. The van der Waals surface area contributed by atoms with Gasteiger partial charge in [-0.1, -0.05) is 37.6 Å². The molecule has 0 saturated heterocycles. The standard InChI is InChI=1S/C13H19N/c1-10(12-3-2-4-12)13-7-5-11(9-14)6-8-13/h5-8,10,12H,2-4,9,14H2,1H3. The molecule has 14 heavy (non-hydrogen) atoms.